The molecule has 0 radical (unpaired) electrons. The lowest BCUT2D eigenvalue weighted by Gasteiger charge is -2.14. The van der Waals surface area contributed by atoms with Gasteiger partial charge in [-0.3, -0.25) is 4.90 Å². The predicted octanol–water partition coefficient (Wildman–Crippen LogP) is 2.78. The van der Waals surface area contributed by atoms with Gasteiger partial charge in [-0.05, 0) is 25.1 Å². The average Bonchev–Trinajstić information content (AvgIpc) is 2.86. The molecule has 0 saturated heterocycles. The van der Waals surface area contributed by atoms with Crippen molar-refractivity contribution >= 4 is 0 Å². The zero-order valence-corrected chi connectivity index (χ0v) is 13.0. The topological polar surface area (TPSA) is 51.4 Å². The Morgan fingerprint density at radius 3 is 2.71 bits per heavy atom. The first-order valence-electron chi connectivity index (χ1n) is 7.31. The van der Waals surface area contributed by atoms with Crippen molar-refractivity contribution in [2.24, 2.45) is 5.92 Å². The monoisotopic (exact) mass is 289 g/mol. The van der Waals surface area contributed by atoms with Crippen LogP contribution in [0.2, 0.25) is 0 Å². The Hall–Kier alpha value is -1.88. The molecule has 0 atom stereocenters. The number of rotatable bonds is 8. The number of para-hydroxylation sites is 1. The van der Waals surface area contributed by atoms with E-state index in [4.69, 9.17) is 9.26 Å². The second kappa shape index (κ2) is 7.78. The van der Waals surface area contributed by atoms with Gasteiger partial charge in [0.1, 0.15) is 12.4 Å². The third-order valence-corrected chi connectivity index (χ3v) is 2.99. The molecule has 21 heavy (non-hydrogen) atoms. The van der Waals surface area contributed by atoms with Gasteiger partial charge in [-0.1, -0.05) is 37.2 Å². The molecule has 0 aliphatic heterocycles. The fourth-order valence-corrected chi connectivity index (χ4v) is 1.95. The van der Waals surface area contributed by atoms with Gasteiger partial charge < -0.3 is 9.26 Å². The van der Waals surface area contributed by atoms with E-state index in [1.54, 1.807) is 0 Å². The van der Waals surface area contributed by atoms with Crippen LogP contribution in [0, 0.1) is 5.92 Å². The summed E-state index contributed by atoms with van der Waals surface area (Å²) in [6.45, 7) is 6.36. The van der Waals surface area contributed by atoms with Crippen molar-refractivity contribution in [3.8, 4) is 5.75 Å². The minimum absolute atomic E-state index is 0.535. The summed E-state index contributed by atoms with van der Waals surface area (Å²) >= 11 is 0. The summed E-state index contributed by atoms with van der Waals surface area (Å²) in [6.07, 6.45) is 0.852. The van der Waals surface area contributed by atoms with Gasteiger partial charge in [0.25, 0.3) is 0 Å². The molecule has 1 aromatic heterocycles. The summed E-state index contributed by atoms with van der Waals surface area (Å²) in [4.78, 5) is 6.50. The number of hydrogen-bond acceptors (Lipinski definition) is 5. The molecule has 0 amide bonds. The summed E-state index contributed by atoms with van der Waals surface area (Å²) in [5, 5.41) is 3.99. The first-order valence-corrected chi connectivity index (χ1v) is 7.31. The maximum atomic E-state index is 5.66. The molecule has 114 valence electrons. The third kappa shape index (κ3) is 5.55. The van der Waals surface area contributed by atoms with Gasteiger partial charge in [0.15, 0.2) is 5.82 Å². The molecule has 0 saturated carbocycles. The smallest absolute Gasteiger partial charge is 0.240 e. The first kappa shape index (κ1) is 15.5. The van der Waals surface area contributed by atoms with Crippen LogP contribution < -0.4 is 4.74 Å². The van der Waals surface area contributed by atoms with Crippen molar-refractivity contribution in [3.63, 3.8) is 0 Å². The molecule has 1 heterocycles. The fourth-order valence-electron chi connectivity index (χ4n) is 1.95. The van der Waals surface area contributed by atoms with Crippen LogP contribution in [-0.2, 0) is 13.0 Å². The van der Waals surface area contributed by atoms with Gasteiger partial charge >= 0.3 is 0 Å². The highest BCUT2D eigenvalue weighted by Gasteiger charge is 2.10. The summed E-state index contributed by atoms with van der Waals surface area (Å²) in [5.41, 5.74) is 0. The predicted molar refractivity (Wildman–Crippen MR) is 81.1 cm³/mol. The van der Waals surface area contributed by atoms with Crippen LogP contribution in [0.25, 0.3) is 0 Å². The summed E-state index contributed by atoms with van der Waals surface area (Å²) < 4.78 is 10.9. The van der Waals surface area contributed by atoms with Gasteiger partial charge in [-0.25, -0.2) is 0 Å². The number of nitrogens with zero attached hydrogens (tertiary/aromatic N) is 3. The second-order valence-corrected chi connectivity index (χ2v) is 5.60. The number of aromatic nitrogens is 2. The normalized spacial score (nSPS) is 11.3. The Morgan fingerprint density at radius 2 is 2.00 bits per heavy atom. The standard InChI is InChI=1S/C16H23N3O2/c1-13(2)11-15-17-16(21-18-15)12-19(3)9-10-20-14-7-5-4-6-8-14/h4-8,13H,9-12H2,1-3H3. The third-order valence-electron chi connectivity index (χ3n) is 2.99. The van der Waals surface area contributed by atoms with Crippen molar-refractivity contribution in [3.05, 3.63) is 42.0 Å². The lowest BCUT2D eigenvalue weighted by atomic mass is 10.1. The Morgan fingerprint density at radius 1 is 1.24 bits per heavy atom. The highest BCUT2D eigenvalue weighted by atomic mass is 16.5. The molecule has 0 bridgehead atoms. The summed E-state index contributed by atoms with van der Waals surface area (Å²) in [5.74, 6) is 2.87. The molecule has 1 aromatic carbocycles. The number of likely N-dealkylation sites (N-methyl/N-ethyl adjacent to an activating group) is 1. The molecule has 0 fully saturated rings. The molecule has 0 unspecified atom stereocenters. The van der Waals surface area contributed by atoms with E-state index in [-0.39, 0.29) is 0 Å². The molecular formula is C16H23N3O2. The SMILES string of the molecule is CC(C)Cc1noc(CN(C)CCOc2ccccc2)n1. The van der Waals surface area contributed by atoms with Crippen LogP contribution in [-0.4, -0.2) is 35.2 Å². The van der Waals surface area contributed by atoms with E-state index in [2.05, 4.69) is 28.9 Å². The molecule has 5 nitrogen and oxygen atoms in total. The van der Waals surface area contributed by atoms with Gasteiger partial charge in [-0.2, -0.15) is 4.98 Å². The van der Waals surface area contributed by atoms with E-state index in [9.17, 15) is 0 Å². The molecule has 0 spiro atoms. The van der Waals surface area contributed by atoms with Gasteiger partial charge in [-0.15, -0.1) is 0 Å². The van der Waals surface area contributed by atoms with Crippen molar-refractivity contribution < 1.29 is 9.26 Å². The van der Waals surface area contributed by atoms with Crippen molar-refractivity contribution in [2.75, 3.05) is 20.2 Å². The Kier molecular flexibility index (Phi) is 5.75. The average molecular weight is 289 g/mol. The van der Waals surface area contributed by atoms with Crippen LogP contribution >= 0.6 is 0 Å². The van der Waals surface area contributed by atoms with Crippen molar-refractivity contribution in [1.29, 1.82) is 0 Å². The van der Waals surface area contributed by atoms with E-state index in [0.717, 1.165) is 24.5 Å². The van der Waals surface area contributed by atoms with E-state index in [1.807, 2.05) is 37.4 Å². The fraction of sp³-hybridized carbons (Fsp3) is 0.500. The molecule has 2 aromatic rings. The zero-order valence-electron chi connectivity index (χ0n) is 13.0. The number of hydrogen-bond donors (Lipinski definition) is 0. The highest BCUT2D eigenvalue weighted by molar-refractivity contribution is 5.20. The largest absolute Gasteiger partial charge is 0.492 e. The first-order chi connectivity index (χ1) is 10.1. The Labute approximate surface area is 125 Å². The maximum Gasteiger partial charge on any atom is 0.240 e. The minimum atomic E-state index is 0.535. The Bertz CT molecular complexity index is 525. The summed E-state index contributed by atoms with van der Waals surface area (Å²) in [7, 11) is 2.01. The van der Waals surface area contributed by atoms with Gasteiger partial charge in [0, 0.05) is 13.0 Å². The lowest BCUT2D eigenvalue weighted by Crippen LogP contribution is -2.24. The zero-order chi connectivity index (χ0) is 15.1. The molecule has 2 rings (SSSR count). The van der Waals surface area contributed by atoms with Crippen LogP contribution in [0.5, 0.6) is 5.75 Å². The van der Waals surface area contributed by atoms with E-state index in [0.29, 0.717) is 25.0 Å². The second-order valence-electron chi connectivity index (χ2n) is 5.60. The van der Waals surface area contributed by atoms with Gasteiger partial charge in [0.05, 0.1) is 6.54 Å². The lowest BCUT2D eigenvalue weighted by molar-refractivity contribution is 0.212. The van der Waals surface area contributed by atoms with Crippen LogP contribution in [0.4, 0.5) is 0 Å². The van der Waals surface area contributed by atoms with E-state index in [1.165, 1.54) is 0 Å². The maximum absolute atomic E-state index is 5.66. The molecule has 0 aliphatic rings. The van der Waals surface area contributed by atoms with Crippen LogP contribution in [0.3, 0.4) is 0 Å². The quantitative estimate of drug-likeness (QED) is 0.748. The van der Waals surface area contributed by atoms with E-state index < -0.39 is 0 Å². The van der Waals surface area contributed by atoms with Crippen molar-refractivity contribution in [1.82, 2.24) is 15.0 Å². The highest BCUT2D eigenvalue weighted by Crippen LogP contribution is 2.09. The molecular weight excluding hydrogens is 266 g/mol. The van der Waals surface area contributed by atoms with Crippen LogP contribution in [0.15, 0.2) is 34.9 Å². The molecule has 5 heteroatoms. The number of ether oxygens (including phenoxy) is 1. The number of benzene rings is 1. The van der Waals surface area contributed by atoms with E-state index >= 15 is 0 Å². The van der Waals surface area contributed by atoms with Gasteiger partial charge in [0.2, 0.25) is 5.89 Å². The minimum Gasteiger partial charge on any atom is -0.492 e. The van der Waals surface area contributed by atoms with Crippen LogP contribution in [0.1, 0.15) is 25.6 Å². The Balaban J connectivity index is 1.71. The molecule has 0 N–H and O–H groups in total. The summed E-state index contributed by atoms with van der Waals surface area (Å²) in [6, 6.07) is 9.82. The molecule has 0 aliphatic carbocycles. The van der Waals surface area contributed by atoms with Crippen molar-refractivity contribution in [2.45, 2.75) is 26.8 Å².